The van der Waals surface area contributed by atoms with Crippen molar-refractivity contribution in [1.29, 1.82) is 0 Å². The van der Waals surface area contributed by atoms with Gasteiger partial charge in [-0.25, -0.2) is 4.79 Å². The van der Waals surface area contributed by atoms with Crippen LogP contribution in [-0.2, 0) is 19.1 Å². The number of ether oxygens (including phenoxy) is 2. The van der Waals surface area contributed by atoms with Crippen molar-refractivity contribution in [3.05, 3.63) is 0 Å². The van der Waals surface area contributed by atoms with Crippen LogP contribution in [0.2, 0.25) is 0 Å². The fourth-order valence-corrected chi connectivity index (χ4v) is 2.37. The molecule has 0 aromatic rings. The largest absolute Gasteiger partial charge is 0.458 e. The van der Waals surface area contributed by atoms with Crippen molar-refractivity contribution in [1.82, 2.24) is 4.90 Å². The minimum Gasteiger partial charge on any atom is -0.458 e. The van der Waals surface area contributed by atoms with E-state index in [0.29, 0.717) is 13.2 Å². The number of amides is 1. The molecule has 6 heteroatoms. The van der Waals surface area contributed by atoms with Crippen molar-refractivity contribution in [3.63, 3.8) is 0 Å². The van der Waals surface area contributed by atoms with Gasteiger partial charge in [-0.1, -0.05) is 0 Å². The van der Waals surface area contributed by atoms with Crippen LogP contribution >= 0.6 is 0 Å². The zero-order valence-corrected chi connectivity index (χ0v) is 13.6. The molecule has 2 N–H and O–H groups in total. The SMILES string of the molecule is C[C@@H](N)C(=O)N1CCC[C@H](COCC(=O)OC(C)(C)C)C1. The van der Waals surface area contributed by atoms with Crippen LogP contribution in [0.1, 0.15) is 40.5 Å². The Labute approximate surface area is 126 Å². The van der Waals surface area contributed by atoms with Crippen LogP contribution in [0.3, 0.4) is 0 Å². The number of likely N-dealkylation sites (tertiary alicyclic amines) is 1. The predicted octanol–water partition coefficient (Wildman–Crippen LogP) is 0.931. The van der Waals surface area contributed by atoms with Crippen molar-refractivity contribution in [2.75, 3.05) is 26.3 Å². The molecule has 122 valence electrons. The first-order valence-corrected chi connectivity index (χ1v) is 7.53. The number of hydrogen-bond acceptors (Lipinski definition) is 5. The summed E-state index contributed by atoms with van der Waals surface area (Å²) in [6, 6.07) is -0.466. The first-order valence-electron chi connectivity index (χ1n) is 7.53. The number of carbonyl (C=O) groups is 2. The summed E-state index contributed by atoms with van der Waals surface area (Å²) >= 11 is 0. The number of esters is 1. The lowest BCUT2D eigenvalue weighted by Gasteiger charge is -2.33. The Morgan fingerprint density at radius 3 is 2.62 bits per heavy atom. The van der Waals surface area contributed by atoms with E-state index in [-0.39, 0.29) is 24.4 Å². The van der Waals surface area contributed by atoms with Gasteiger partial charge in [0, 0.05) is 13.1 Å². The summed E-state index contributed by atoms with van der Waals surface area (Å²) in [6.45, 7) is 8.98. The molecule has 1 aliphatic rings. The molecule has 1 heterocycles. The second-order valence-electron chi connectivity index (χ2n) is 6.68. The van der Waals surface area contributed by atoms with E-state index < -0.39 is 11.6 Å². The van der Waals surface area contributed by atoms with Crippen LogP contribution in [0.5, 0.6) is 0 Å². The average molecular weight is 300 g/mol. The Bertz CT molecular complexity index is 363. The van der Waals surface area contributed by atoms with Crippen molar-refractivity contribution >= 4 is 11.9 Å². The molecule has 1 fully saturated rings. The second kappa shape index (κ2) is 7.75. The summed E-state index contributed by atoms with van der Waals surface area (Å²) in [7, 11) is 0. The van der Waals surface area contributed by atoms with Crippen LogP contribution in [0.15, 0.2) is 0 Å². The number of piperidine rings is 1. The van der Waals surface area contributed by atoms with E-state index in [1.54, 1.807) is 11.8 Å². The maximum Gasteiger partial charge on any atom is 0.332 e. The minimum absolute atomic E-state index is 0.0214. The molecule has 0 radical (unpaired) electrons. The van der Waals surface area contributed by atoms with Crippen molar-refractivity contribution < 1.29 is 19.1 Å². The quantitative estimate of drug-likeness (QED) is 0.764. The number of rotatable bonds is 5. The van der Waals surface area contributed by atoms with Crippen LogP contribution in [-0.4, -0.2) is 54.7 Å². The highest BCUT2D eigenvalue weighted by Crippen LogP contribution is 2.17. The summed E-state index contributed by atoms with van der Waals surface area (Å²) in [5.41, 5.74) is 5.13. The molecule has 0 bridgehead atoms. The molecule has 0 spiro atoms. The van der Waals surface area contributed by atoms with Gasteiger partial charge in [0.25, 0.3) is 0 Å². The molecule has 21 heavy (non-hydrogen) atoms. The third kappa shape index (κ3) is 6.91. The molecule has 0 aromatic carbocycles. The van der Waals surface area contributed by atoms with Crippen LogP contribution < -0.4 is 5.73 Å². The first kappa shape index (κ1) is 17.9. The molecule has 1 rings (SSSR count). The van der Waals surface area contributed by atoms with Crippen LogP contribution in [0, 0.1) is 5.92 Å². The fraction of sp³-hybridized carbons (Fsp3) is 0.867. The smallest absolute Gasteiger partial charge is 0.332 e. The maximum absolute atomic E-state index is 11.9. The molecule has 2 atom stereocenters. The Morgan fingerprint density at radius 2 is 2.05 bits per heavy atom. The molecule has 1 aliphatic heterocycles. The minimum atomic E-state index is -0.494. The van der Waals surface area contributed by atoms with E-state index in [4.69, 9.17) is 15.2 Å². The molecule has 0 saturated carbocycles. The van der Waals surface area contributed by atoms with Gasteiger partial charge in [-0.2, -0.15) is 0 Å². The Balaban J connectivity index is 2.29. The predicted molar refractivity (Wildman–Crippen MR) is 79.6 cm³/mol. The monoisotopic (exact) mass is 300 g/mol. The van der Waals surface area contributed by atoms with E-state index in [9.17, 15) is 9.59 Å². The van der Waals surface area contributed by atoms with Crippen LogP contribution in [0.4, 0.5) is 0 Å². The van der Waals surface area contributed by atoms with E-state index in [1.165, 1.54) is 0 Å². The standard InChI is InChI=1S/C15H28N2O4/c1-11(16)14(19)17-7-5-6-12(8-17)9-20-10-13(18)21-15(2,3)4/h11-12H,5-10,16H2,1-4H3/t11-,12+/m1/s1. The van der Waals surface area contributed by atoms with Gasteiger partial charge in [0.1, 0.15) is 12.2 Å². The summed E-state index contributed by atoms with van der Waals surface area (Å²) in [5.74, 6) is -0.127. The molecule has 0 aliphatic carbocycles. The summed E-state index contributed by atoms with van der Waals surface area (Å²) < 4.78 is 10.6. The zero-order valence-electron chi connectivity index (χ0n) is 13.6. The lowest BCUT2D eigenvalue weighted by atomic mass is 9.98. The number of nitrogens with zero attached hydrogens (tertiary/aromatic N) is 1. The van der Waals surface area contributed by atoms with Gasteiger partial charge < -0.3 is 20.1 Å². The van der Waals surface area contributed by atoms with Gasteiger partial charge in [-0.05, 0) is 46.5 Å². The molecule has 1 amide bonds. The van der Waals surface area contributed by atoms with Gasteiger partial charge in [-0.15, -0.1) is 0 Å². The molecule has 0 aromatic heterocycles. The van der Waals surface area contributed by atoms with Gasteiger partial charge in [0.15, 0.2) is 0 Å². The molecule has 1 saturated heterocycles. The van der Waals surface area contributed by atoms with E-state index >= 15 is 0 Å². The average Bonchev–Trinajstić information content (AvgIpc) is 2.36. The topological polar surface area (TPSA) is 81.9 Å². The molecule has 0 unspecified atom stereocenters. The summed E-state index contributed by atoms with van der Waals surface area (Å²) in [5, 5.41) is 0. The van der Waals surface area contributed by atoms with Crippen molar-refractivity contribution in [2.24, 2.45) is 11.7 Å². The van der Waals surface area contributed by atoms with E-state index in [1.807, 2.05) is 20.8 Å². The fourth-order valence-electron chi connectivity index (χ4n) is 2.37. The highest BCUT2D eigenvalue weighted by Gasteiger charge is 2.25. The van der Waals surface area contributed by atoms with Crippen molar-refractivity contribution in [2.45, 2.75) is 52.2 Å². The molecular formula is C15H28N2O4. The lowest BCUT2D eigenvalue weighted by molar-refractivity contribution is -0.161. The summed E-state index contributed by atoms with van der Waals surface area (Å²) in [6.07, 6.45) is 1.94. The Morgan fingerprint density at radius 1 is 1.38 bits per heavy atom. The highest BCUT2D eigenvalue weighted by molar-refractivity contribution is 5.81. The van der Waals surface area contributed by atoms with Gasteiger partial charge in [0.2, 0.25) is 5.91 Å². The molecule has 6 nitrogen and oxygen atoms in total. The number of carbonyl (C=O) groups excluding carboxylic acids is 2. The Hall–Kier alpha value is -1.14. The molecular weight excluding hydrogens is 272 g/mol. The number of hydrogen-bond donors (Lipinski definition) is 1. The Kier molecular flexibility index (Phi) is 6.61. The highest BCUT2D eigenvalue weighted by atomic mass is 16.6. The zero-order chi connectivity index (χ0) is 16.0. The first-order chi connectivity index (χ1) is 9.69. The number of nitrogens with two attached hydrogens (primary N) is 1. The normalized spacial score (nSPS) is 21.0. The maximum atomic E-state index is 11.9. The van der Waals surface area contributed by atoms with Gasteiger partial charge in [-0.3, -0.25) is 4.79 Å². The summed E-state index contributed by atoms with van der Waals surface area (Å²) in [4.78, 5) is 25.2. The lowest BCUT2D eigenvalue weighted by Crippen LogP contribution is -2.47. The third-order valence-electron chi connectivity index (χ3n) is 3.21. The van der Waals surface area contributed by atoms with Gasteiger partial charge >= 0.3 is 5.97 Å². The van der Waals surface area contributed by atoms with E-state index in [2.05, 4.69) is 0 Å². The van der Waals surface area contributed by atoms with E-state index in [0.717, 1.165) is 19.4 Å². The third-order valence-corrected chi connectivity index (χ3v) is 3.21. The second-order valence-corrected chi connectivity index (χ2v) is 6.68. The van der Waals surface area contributed by atoms with Crippen molar-refractivity contribution in [3.8, 4) is 0 Å². The van der Waals surface area contributed by atoms with Gasteiger partial charge in [0.05, 0.1) is 12.6 Å². The van der Waals surface area contributed by atoms with Crippen LogP contribution in [0.25, 0.3) is 0 Å².